The van der Waals surface area contributed by atoms with Gasteiger partial charge < -0.3 is 4.42 Å². The van der Waals surface area contributed by atoms with E-state index in [9.17, 15) is 13.2 Å². The van der Waals surface area contributed by atoms with Crippen LogP contribution in [0.1, 0.15) is 5.89 Å². The standard InChI is InChI=1S/C3HF3N2OS.C3H5N3S/c4-3(5,6)1-7-8-2(10)9-1;1-6-3(7)2-4-5-6/h(H,8,10);2,5H,1H3. The second-order valence-corrected chi connectivity index (χ2v) is 3.46. The fourth-order valence-electron chi connectivity index (χ4n) is 0.658. The first-order chi connectivity index (χ1) is 7.80. The van der Waals surface area contributed by atoms with E-state index < -0.39 is 12.1 Å². The van der Waals surface area contributed by atoms with Gasteiger partial charge in [-0.25, -0.2) is 10.3 Å². The van der Waals surface area contributed by atoms with Crippen molar-refractivity contribution in [3.05, 3.63) is 21.6 Å². The van der Waals surface area contributed by atoms with Crippen LogP contribution in [-0.2, 0) is 13.2 Å². The van der Waals surface area contributed by atoms with Crippen LogP contribution in [0, 0.1) is 9.48 Å². The van der Waals surface area contributed by atoms with E-state index in [1.54, 1.807) is 10.9 Å². The molecule has 2 N–H and O–H groups in total. The molecule has 2 aromatic rings. The Bertz CT molecular complexity index is 579. The Balaban J connectivity index is 0.000000181. The Morgan fingerprint density at radius 2 is 2.06 bits per heavy atom. The average Bonchev–Trinajstić information content (AvgIpc) is 2.77. The summed E-state index contributed by atoms with van der Waals surface area (Å²) in [5, 5.41) is 10.9. The second-order valence-electron chi connectivity index (χ2n) is 2.67. The van der Waals surface area contributed by atoms with Crippen molar-refractivity contribution in [2.45, 2.75) is 6.18 Å². The summed E-state index contributed by atoms with van der Waals surface area (Å²) in [7, 11) is 1.81. The molecule has 2 rings (SSSR count). The number of nitrogens with zero attached hydrogens (tertiary/aromatic N) is 3. The van der Waals surface area contributed by atoms with E-state index in [2.05, 4.69) is 32.0 Å². The van der Waals surface area contributed by atoms with Crippen molar-refractivity contribution in [1.82, 2.24) is 25.2 Å². The maximum absolute atomic E-state index is 11.6. The van der Waals surface area contributed by atoms with Gasteiger partial charge in [0.2, 0.25) is 0 Å². The number of H-pyrrole nitrogens is 2. The molecule has 0 fully saturated rings. The van der Waals surface area contributed by atoms with Crippen molar-refractivity contribution in [1.29, 1.82) is 0 Å². The lowest BCUT2D eigenvalue weighted by Crippen LogP contribution is -2.04. The number of rotatable bonds is 0. The largest absolute Gasteiger partial charge is 0.470 e. The summed E-state index contributed by atoms with van der Waals surface area (Å²) in [5.74, 6) is -1.35. The van der Waals surface area contributed by atoms with Gasteiger partial charge in [0.05, 0.1) is 6.20 Å². The van der Waals surface area contributed by atoms with Crippen LogP contribution in [0.2, 0.25) is 0 Å². The molecular weight excluding hydrogens is 279 g/mol. The van der Waals surface area contributed by atoms with E-state index in [1.807, 2.05) is 12.1 Å². The van der Waals surface area contributed by atoms with Gasteiger partial charge in [0.15, 0.2) is 0 Å². The summed E-state index contributed by atoms with van der Waals surface area (Å²) in [6.45, 7) is 0. The molecule has 11 heteroatoms. The van der Waals surface area contributed by atoms with E-state index in [1.165, 1.54) is 0 Å². The van der Waals surface area contributed by atoms with Gasteiger partial charge in [-0.2, -0.15) is 18.3 Å². The molecule has 94 valence electrons. The van der Waals surface area contributed by atoms with E-state index in [0.29, 0.717) is 0 Å². The molecule has 0 aromatic carbocycles. The van der Waals surface area contributed by atoms with Crippen LogP contribution in [-0.4, -0.2) is 25.2 Å². The molecule has 0 bridgehead atoms. The third kappa shape index (κ3) is 4.11. The lowest BCUT2D eigenvalue weighted by atomic mass is 10.7. The number of hydrogen-bond donors (Lipinski definition) is 2. The normalized spacial score (nSPS) is 10.8. The van der Waals surface area contributed by atoms with Crippen LogP contribution in [0.4, 0.5) is 13.2 Å². The summed E-state index contributed by atoms with van der Waals surface area (Å²) in [5.41, 5.74) is 0. The molecule has 0 saturated carbocycles. The maximum atomic E-state index is 11.6. The van der Waals surface area contributed by atoms with Gasteiger partial charge in [-0.1, -0.05) is 12.2 Å². The first-order valence-electron chi connectivity index (χ1n) is 4.00. The molecule has 0 saturated heterocycles. The van der Waals surface area contributed by atoms with Gasteiger partial charge >= 0.3 is 12.1 Å². The zero-order chi connectivity index (χ0) is 13.1. The van der Waals surface area contributed by atoms with Gasteiger partial charge in [0.1, 0.15) is 4.64 Å². The van der Waals surface area contributed by atoms with Crippen molar-refractivity contribution < 1.29 is 17.6 Å². The monoisotopic (exact) mass is 285 g/mol. The predicted molar refractivity (Wildman–Crippen MR) is 55.1 cm³/mol. The summed E-state index contributed by atoms with van der Waals surface area (Å²) < 4.78 is 41.1. The van der Waals surface area contributed by atoms with Gasteiger partial charge in [-0.3, -0.25) is 4.68 Å². The van der Waals surface area contributed by atoms with Crippen LogP contribution in [0.5, 0.6) is 0 Å². The molecular formula is C6H6F3N5OS2. The fourth-order valence-corrected chi connectivity index (χ4v) is 0.876. The predicted octanol–water partition coefficient (Wildman–Crippen LogP) is 2.23. The van der Waals surface area contributed by atoms with Crippen LogP contribution < -0.4 is 0 Å². The number of hydrogen-bond acceptors (Lipinski definition) is 5. The van der Waals surface area contributed by atoms with E-state index in [0.717, 1.165) is 4.64 Å². The fraction of sp³-hybridized carbons (Fsp3) is 0.333. The molecule has 0 aliphatic rings. The minimum atomic E-state index is -4.56. The quantitative estimate of drug-likeness (QED) is 0.726. The topological polar surface area (TPSA) is 75.4 Å². The molecule has 2 aromatic heterocycles. The van der Waals surface area contributed by atoms with Gasteiger partial charge in [-0.15, -0.1) is 5.10 Å². The van der Waals surface area contributed by atoms with Crippen molar-refractivity contribution >= 4 is 24.4 Å². The average molecular weight is 285 g/mol. The lowest BCUT2D eigenvalue weighted by Gasteiger charge is -1.95. The number of aromatic nitrogens is 5. The van der Waals surface area contributed by atoms with Gasteiger partial charge in [0, 0.05) is 7.05 Å². The minimum Gasteiger partial charge on any atom is -0.406 e. The summed E-state index contributed by atoms with van der Waals surface area (Å²) in [4.78, 5) is -0.382. The Kier molecular flexibility index (Phi) is 4.17. The number of aromatic amines is 2. The molecule has 0 aliphatic heterocycles. The van der Waals surface area contributed by atoms with E-state index in [4.69, 9.17) is 12.2 Å². The number of nitrogens with one attached hydrogen (secondary N) is 2. The molecule has 0 atom stereocenters. The molecule has 0 aliphatic carbocycles. The Morgan fingerprint density at radius 3 is 2.24 bits per heavy atom. The Hall–Kier alpha value is -1.49. The second kappa shape index (κ2) is 5.23. The SMILES string of the molecule is Cn1[nH]ncc1=S.FC(F)(F)c1n[nH]c(=S)o1. The highest BCUT2D eigenvalue weighted by molar-refractivity contribution is 7.71. The van der Waals surface area contributed by atoms with Crippen molar-refractivity contribution in [3.63, 3.8) is 0 Å². The van der Waals surface area contributed by atoms with Crippen LogP contribution >= 0.6 is 24.4 Å². The first kappa shape index (κ1) is 13.6. The van der Waals surface area contributed by atoms with E-state index >= 15 is 0 Å². The molecule has 0 radical (unpaired) electrons. The highest BCUT2D eigenvalue weighted by atomic mass is 32.1. The maximum Gasteiger partial charge on any atom is 0.470 e. The van der Waals surface area contributed by atoms with Crippen molar-refractivity contribution in [2.75, 3.05) is 0 Å². The molecule has 0 unspecified atom stereocenters. The third-order valence-corrected chi connectivity index (χ3v) is 1.95. The zero-order valence-electron chi connectivity index (χ0n) is 8.28. The minimum absolute atomic E-state index is 0.382. The highest BCUT2D eigenvalue weighted by Gasteiger charge is 2.37. The lowest BCUT2D eigenvalue weighted by molar-refractivity contribution is -0.157. The molecule has 0 amide bonds. The van der Waals surface area contributed by atoms with Crippen LogP contribution in [0.25, 0.3) is 0 Å². The highest BCUT2D eigenvalue weighted by Crippen LogP contribution is 2.26. The third-order valence-electron chi connectivity index (χ3n) is 1.39. The number of aryl methyl sites for hydroxylation is 1. The van der Waals surface area contributed by atoms with Crippen LogP contribution in [0.3, 0.4) is 0 Å². The van der Waals surface area contributed by atoms with Gasteiger partial charge in [-0.05, 0) is 12.2 Å². The molecule has 0 spiro atoms. The molecule has 6 nitrogen and oxygen atoms in total. The van der Waals surface area contributed by atoms with Crippen molar-refractivity contribution in [3.8, 4) is 0 Å². The van der Waals surface area contributed by atoms with Crippen molar-refractivity contribution in [2.24, 2.45) is 7.05 Å². The summed E-state index contributed by atoms with van der Waals surface area (Å²) in [6, 6.07) is 0. The summed E-state index contributed by atoms with van der Waals surface area (Å²) >= 11 is 8.97. The number of halogens is 3. The Labute approximate surface area is 102 Å². The Morgan fingerprint density at radius 1 is 1.41 bits per heavy atom. The summed E-state index contributed by atoms with van der Waals surface area (Å²) in [6.07, 6.45) is -2.97. The van der Waals surface area contributed by atoms with E-state index in [-0.39, 0.29) is 4.84 Å². The van der Waals surface area contributed by atoms with Gasteiger partial charge in [0.25, 0.3) is 4.84 Å². The smallest absolute Gasteiger partial charge is 0.406 e. The molecule has 17 heavy (non-hydrogen) atoms. The number of alkyl halides is 3. The molecule has 2 heterocycles. The first-order valence-corrected chi connectivity index (χ1v) is 4.81. The zero-order valence-corrected chi connectivity index (χ0v) is 9.91. The van der Waals surface area contributed by atoms with Crippen LogP contribution in [0.15, 0.2) is 10.6 Å².